The number of carbonyl (C=O) groups is 1. The van der Waals surface area contributed by atoms with Gasteiger partial charge >= 0.3 is 0 Å². The summed E-state index contributed by atoms with van der Waals surface area (Å²) in [6.45, 7) is 0. The molecule has 0 amide bonds. The van der Waals surface area contributed by atoms with Crippen molar-refractivity contribution in [2.45, 2.75) is 6.42 Å². The van der Waals surface area contributed by atoms with Gasteiger partial charge in [0.05, 0.1) is 11.4 Å². The van der Waals surface area contributed by atoms with Crippen LogP contribution < -0.4 is 16.2 Å². The van der Waals surface area contributed by atoms with Crippen molar-refractivity contribution < 1.29 is 9.53 Å². The number of nitrogen functional groups attached to an aromatic ring is 2. The smallest absolute Gasteiger partial charge is 0.185 e. The van der Waals surface area contributed by atoms with Crippen LogP contribution in [0.15, 0.2) is 127 Å². The molecule has 0 radical (unpaired) electrons. The summed E-state index contributed by atoms with van der Waals surface area (Å²) in [5.41, 5.74) is 19.1. The second-order valence-corrected chi connectivity index (χ2v) is 9.10. The molecule has 0 saturated heterocycles. The summed E-state index contributed by atoms with van der Waals surface area (Å²) in [6, 6.07) is 39.4. The van der Waals surface area contributed by atoms with E-state index >= 15 is 0 Å². The molecule has 0 bridgehead atoms. The molecule has 4 nitrogen and oxygen atoms in total. The summed E-state index contributed by atoms with van der Waals surface area (Å²) in [5.74, 6) is 1.39. The maximum atomic E-state index is 12.3. The van der Waals surface area contributed by atoms with E-state index in [0.717, 1.165) is 28.9 Å². The summed E-state index contributed by atoms with van der Waals surface area (Å²) in [6.07, 6.45) is 4.32. The molecular formula is C34H28N2O2. The highest BCUT2D eigenvalue weighted by Crippen LogP contribution is 2.29. The molecule has 0 aromatic heterocycles. The van der Waals surface area contributed by atoms with Crippen molar-refractivity contribution >= 4 is 23.2 Å². The highest BCUT2D eigenvalue weighted by atomic mass is 16.5. The van der Waals surface area contributed by atoms with Crippen molar-refractivity contribution in [1.29, 1.82) is 0 Å². The molecule has 0 saturated carbocycles. The molecule has 0 aliphatic rings. The van der Waals surface area contributed by atoms with Gasteiger partial charge in [-0.15, -0.1) is 0 Å². The summed E-state index contributed by atoms with van der Waals surface area (Å²) in [5, 5.41) is 0. The zero-order chi connectivity index (χ0) is 26.3. The number of allylic oxidation sites excluding steroid dienone is 1. The van der Waals surface area contributed by atoms with Crippen molar-refractivity contribution in [3.63, 3.8) is 0 Å². The Bertz CT molecular complexity index is 1550. The van der Waals surface area contributed by atoms with Crippen LogP contribution in [0.25, 0.3) is 17.2 Å². The molecule has 186 valence electrons. The fourth-order valence-corrected chi connectivity index (χ4v) is 4.14. The monoisotopic (exact) mass is 496 g/mol. The predicted octanol–water partition coefficient (Wildman–Crippen LogP) is 7.80. The zero-order valence-corrected chi connectivity index (χ0v) is 20.9. The number of anilines is 2. The minimum atomic E-state index is 0.00363. The van der Waals surface area contributed by atoms with Crippen LogP contribution in [-0.2, 0) is 6.42 Å². The first kappa shape index (κ1) is 24.6. The van der Waals surface area contributed by atoms with Crippen LogP contribution in [0.4, 0.5) is 11.4 Å². The molecule has 4 heteroatoms. The highest BCUT2D eigenvalue weighted by Gasteiger charge is 2.04. The predicted molar refractivity (Wildman–Crippen MR) is 156 cm³/mol. The van der Waals surface area contributed by atoms with Crippen LogP contribution in [0.3, 0.4) is 0 Å². The van der Waals surface area contributed by atoms with Gasteiger partial charge in [-0.1, -0.05) is 97.1 Å². The lowest BCUT2D eigenvalue weighted by Crippen LogP contribution is -1.94. The average molecular weight is 497 g/mol. The lowest BCUT2D eigenvalue weighted by atomic mass is 9.99. The maximum absolute atomic E-state index is 12.3. The van der Waals surface area contributed by atoms with E-state index in [2.05, 4.69) is 36.4 Å². The summed E-state index contributed by atoms with van der Waals surface area (Å²) >= 11 is 0. The number of benzene rings is 5. The third-order valence-corrected chi connectivity index (χ3v) is 6.31. The molecule has 0 fully saturated rings. The maximum Gasteiger partial charge on any atom is 0.185 e. The van der Waals surface area contributed by atoms with Gasteiger partial charge in [0.25, 0.3) is 0 Å². The van der Waals surface area contributed by atoms with Gasteiger partial charge < -0.3 is 16.2 Å². The minimum Gasteiger partial charge on any atom is -0.457 e. The number of carbonyl (C=O) groups excluding carboxylic acids is 1. The van der Waals surface area contributed by atoms with Gasteiger partial charge in [0.2, 0.25) is 0 Å². The molecule has 0 aliphatic carbocycles. The molecule has 0 heterocycles. The standard InChI is InChI=1S/C34H28N2O2/c35-32-20-19-31(23-33(32)36)38-30-17-15-28(16-18-30)27-13-10-26(11-14-27)22-25-8-6-24(7-9-25)12-21-34(37)29-4-2-1-3-5-29/h1-21,23H,22,35-36H2/b21-12+. The van der Waals surface area contributed by atoms with Crippen LogP contribution in [0, 0.1) is 0 Å². The molecule has 5 aromatic carbocycles. The Morgan fingerprint density at radius 3 is 1.84 bits per heavy atom. The van der Waals surface area contributed by atoms with Gasteiger partial charge in [0.1, 0.15) is 11.5 Å². The SMILES string of the molecule is Nc1ccc(Oc2ccc(-c3ccc(Cc4ccc(/C=C/C(=O)c5ccccc5)cc4)cc3)cc2)cc1N. The lowest BCUT2D eigenvalue weighted by molar-refractivity contribution is 0.104. The Balaban J connectivity index is 1.18. The number of hydrogen-bond donors (Lipinski definition) is 2. The Morgan fingerprint density at radius 2 is 1.21 bits per heavy atom. The van der Waals surface area contributed by atoms with E-state index in [1.807, 2.05) is 72.8 Å². The first-order chi connectivity index (χ1) is 18.5. The second kappa shape index (κ2) is 11.3. The van der Waals surface area contributed by atoms with Gasteiger partial charge in [-0.3, -0.25) is 4.79 Å². The van der Waals surface area contributed by atoms with Crippen molar-refractivity contribution in [2.24, 2.45) is 0 Å². The summed E-state index contributed by atoms with van der Waals surface area (Å²) in [7, 11) is 0. The number of ether oxygens (including phenoxy) is 1. The van der Waals surface area contributed by atoms with Crippen LogP contribution in [0.1, 0.15) is 27.0 Å². The molecular weight excluding hydrogens is 468 g/mol. The van der Waals surface area contributed by atoms with Crippen molar-refractivity contribution in [3.05, 3.63) is 150 Å². The topological polar surface area (TPSA) is 78.3 Å². The number of rotatable bonds is 8. The van der Waals surface area contributed by atoms with E-state index in [-0.39, 0.29) is 5.78 Å². The van der Waals surface area contributed by atoms with E-state index in [4.69, 9.17) is 16.2 Å². The Hall–Kier alpha value is -5.09. The quantitative estimate of drug-likeness (QED) is 0.130. The largest absolute Gasteiger partial charge is 0.457 e. The first-order valence-corrected chi connectivity index (χ1v) is 12.4. The molecule has 38 heavy (non-hydrogen) atoms. The van der Waals surface area contributed by atoms with E-state index < -0.39 is 0 Å². The van der Waals surface area contributed by atoms with E-state index in [1.165, 1.54) is 11.1 Å². The molecule has 5 aromatic rings. The number of ketones is 1. The number of nitrogens with two attached hydrogens (primary N) is 2. The van der Waals surface area contributed by atoms with Crippen LogP contribution in [0.5, 0.6) is 11.5 Å². The minimum absolute atomic E-state index is 0.00363. The van der Waals surface area contributed by atoms with E-state index in [0.29, 0.717) is 22.7 Å². The Labute approximate surface area is 222 Å². The third kappa shape index (κ3) is 6.18. The van der Waals surface area contributed by atoms with Gasteiger partial charge in [-0.25, -0.2) is 0 Å². The Morgan fingerprint density at radius 1 is 0.632 bits per heavy atom. The molecule has 0 spiro atoms. The van der Waals surface area contributed by atoms with Crippen molar-refractivity contribution in [2.75, 3.05) is 11.5 Å². The highest BCUT2D eigenvalue weighted by molar-refractivity contribution is 6.06. The number of hydrogen-bond acceptors (Lipinski definition) is 4. The Kier molecular flexibility index (Phi) is 7.32. The normalized spacial score (nSPS) is 10.9. The van der Waals surface area contributed by atoms with E-state index in [9.17, 15) is 4.79 Å². The fourth-order valence-electron chi connectivity index (χ4n) is 4.14. The molecule has 4 N–H and O–H groups in total. The van der Waals surface area contributed by atoms with E-state index in [1.54, 1.807) is 24.3 Å². The summed E-state index contributed by atoms with van der Waals surface area (Å²) < 4.78 is 5.89. The lowest BCUT2D eigenvalue weighted by Gasteiger charge is -2.09. The van der Waals surface area contributed by atoms with Gasteiger partial charge in [-0.2, -0.15) is 0 Å². The fraction of sp³-hybridized carbons (Fsp3) is 0.0294. The molecule has 0 atom stereocenters. The van der Waals surface area contributed by atoms with Crippen LogP contribution >= 0.6 is 0 Å². The van der Waals surface area contributed by atoms with Gasteiger partial charge in [0.15, 0.2) is 5.78 Å². The van der Waals surface area contributed by atoms with Crippen molar-refractivity contribution in [3.8, 4) is 22.6 Å². The van der Waals surface area contributed by atoms with Crippen LogP contribution in [0.2, 0.25) is 0 Å². The van der Waals surface area contributed by atoms with Crippen molar-refractivity contribution in [1.82, 2.24) is 0 Å². The third-order valence-electron chi connectivity index (χ3n) is 6.31. The second-order valence-electron chi connectivity index (χ2n) is 9.10. The molecule has 0 aliphatic heterocycles. The van der Waals surface area contributed by atoms with Gasteiger partial charge in [0, 0.05) is 11.6 Å². The first-order valence-electron chi connectivity index (χ1n) is 12.4. The summed E-state index contributed by atoms with van der Waals surface area (Å²) in [4.78, 5) is 12.3. The average Bonchev–Trinajstić information content (AvgIpc) is 2.96. The zero-order valence-electron chi connectivity index (χ0n) is 20.9. The van der Waals surface area contributed by atoms with Gasteiger partial charge in [-0.05, 0) is 64.6 Å². The van der Waals surface area contributed by atoms with Crippen LogP contribution in [-0.4, -0.2) is 5.78 Å². The molecule has 5 rings (SSSR count). The molecule has 0 unspecified atom stereocenters.